The smallest absolute Gasteiger partial charge is 0.262 e. The molecule has 3 aromatic heterocycles. The zero-order valence-corrected chi connectivity index (χ0v) is 15.1. The number of carbonyl (C=O) groups is 1. The van der Waals surface area contributed by atoms with E-state index in [-0.39, 0.29) is 18.1 Å². The van der Waals surface area contributed by atoms with Crippen molar-refractivity contribution in [1.29, 1.82) is 0 Å². The molecule has 4 heterocycles. The van der Waals surface area contributed by atoms with E-state index in [4.69, 9.17) is 4.52 Å². The number of hydrogen-bond donors (Lipinski definition) is 2. The minimum atomic E-state index is -1.65. The van der Waals surface area contributed by atoms with Crippen molar-refractivity contribution >= 4 is 16.8 Å². The van der Waals surface area contributed by atoms with Gasteiger partial charge in [-0.3, -0.25) is 14.9 Å². The van der Waals surface area contributed by atoms with Crippen molar-refractivity contribution in [2.24, 2.45) is 0 Å². The molecule has 1 saturated heterocycles. The van der Waals surface area contributed by atoms with Crippen LogP contribution in [0.2, 0.25) is 0 Å². The molecule has 2 N–H and O–H groups in total. The Balaban J connectivity index is 1.50. The molecule has 4 aromatic rings. The lowest BCUT2D eigenvalue weighted by atomic mass is 9.97. The second-order valence-electron chi connectivity index (χ2n) is 7.02. The van der Waals surface area contributed by atoms with Gasteiger partial charge in [0.1, 0.15) is 5.69 Å². The lowest BCUT2D eigenvalue weighted by Crippen LogP contribution is -2.35. The Hall–Kier alpha value is -3.52. The number of likely N-dealkylation sites (tertiary alicyclic amines) is 1. The van der Waals surface area contributed by atoms with E-state index in [0.29, 0.717) is 12.2 Å². The number of H-pyrrole nitrogens is 1. The summed E-state index contributed by atoms with van der Waals surface area (Å²) in [7, 11) is 1.66. The van der Waals surface area contributed by atoms with Gasteiger partial charge >= 0.3 is 0 Å². The normalized spacial score (nSPS) is 19.6. The Bertz CT molecular complexity index is 1200. The number of amides is 1. The Kier molecular flexibility index (Phi) is 3.56. The largest absolute Gasteiger partial charge is 0.373 e. The van der Waals surface area contributed by atoms with E-state index in [1.807, 2.05) is 30.3 Å². The van der Waals surface area contributed by atoms with Crippen molar-refractivity contribution in [2.45, 2.75) is 12.0 Å². The highest BCUT2D eigenvalue weighted by Crippen LogP contribution is 2.35. The maximum atomic E-state index is 12.3. The molecular weight excluding hydrogens is 358 g/mol. The van der Waals surface area contributed by atoms with Gasteiger partial charge in [-0.1, -0.05) is 23.4 Å². The fourth-order valence-corrected chi connectivity index (χ4v) is 3.53. The van der Waals surface area contributed by atoms with Gasteiger partial charge in [0.2, 0.25) is 5.60 Å². The third-order valence-electron chi connectivity index (χ3n) is 5.21. The number of benzene rings is 1. The molecule has 5 rings (SSSR count). The summed E-state index contributed by atoms with van der Waals surface area (Å²) >= 11 is 0. The number of pyridine rings is 1. The SMILES string of the molecule is CN1CC[C@@](O)(c2cc(-c3cccc(-c4cc5cn[nH]c5cn4)c3)no2)C1=O. The van der Waals surface area contributed by atoms with Crippen molar-refractivity contribution in [2.75, 3.05) is 13.6 Å². The summed E-state index contributed by atoms with van der Waals surface area (Å²) in [6.07, 6.45) is 3.78. The fourth-order valence-electron chi connectivity index (χ4n) is 3.53. The molecule has 1 amide bonds. The second-order valence-corrected chi connectivity index (χ2v) is 7.02. The topological polar surface area (TPSA) is 108 Å². The number of aliphatic hydroxyl groups is 1. The van der Waals surface area contributed by atoms with E-state index in [1.54, 1.807) is 25.5 Å². The summed E-state index contributed by atoms with van der Waals surface area (Å²) in [4.78, 5) is 18.2. The monoisotopic (exact) mass is 375 g/mol. The minimum absolute atomic E-state index is 0.167. The molecule has 1 aliphatic heterocycles. The fraction of sp³-hybridized carbons (Fsp3) is 0.200. The third-order valence-corrected chi connectivity index (χ3v) is 5.21. The molecular formula is C20H17N5O3. The number of rotatable bonds is 3. The van der Waals surface area contributed by atoms with E-state index >= 15 is 0 Å². The summed E-state index contributed by atoms with van der Waals surface area (Å²) in [6, 6.07) is 11.3. The van der Waals surface area contributed by atoms with Gasteiger partial charge in [0.15, 0.2) is 5.76 Å². The maximum Gasteiger partial charge on any atom is 0.262 e. The number of likely N-dealkylation sites (N-methyl/N-ethyl adjacent to an activating group) is 1. The molecule has 0 radical (unpaired) electrons. The number of carbonyl (C=O) groups excluding carboxylic acids is 1. The molecule has 8 nitrogen and oxygen atoms in total. The van der Waals surface area contributed by atoms with Crippen molar-refractivity contribution < 1.29 is 14.4 Å². The first-order valence-electron chi connectivity index (χ1n) is 8.90. The quantitative estimate of drug-likeness (QED) is 0.569. The van der Waals surface area contributed by atoms with Crippen LogP contribution in [0.15, 0.2) is 53.3 Å². The summed E-state index contributed by atoms with van der Waals surface area (Å²) < 4.78 is 5.34. The Morgan fingerprint density at radius 1 is 1.18 bits per heavy atom. The van der Waals surface area contributed by atoms with Crippen molar-refractivity contribution in [3.05, 3.63) is 54.6 Å². The first kappa shape index (κ1) is 16.6. The zero-order chi connectivity index (χ0) is 19.3. The van der Waals surface area contributed by atoms with Gasteiger partial charge in [-0.15, -0.1) is 0 Å². The molecule has 1 atom stereocenters. The summed E-state index contributed by atoms with van der Waals surface area (Å²) in [5.41, 5.74) is 2.32. The van der Waals surface area contributed by atoms with Crippen LogP contribution in [-0.4, -0.2) is 49.8 Å². The van der Waals surface area contributed by atoms with Crippen molar-refractivity contribution in [3.8, 4) is 22.5 Å². The lowest BCUT2D eigenvalue weighted by Gasteiger charge is -2.16. The van der Waals surface area contributed by atoms with Crippen LogP contribution < -0.4 is 0 Å². The van der Waals surface area contributed by atoms with Gasteiger partial charge in [-0.2, -0.15) is 5.10 Å². The zero-order valence-electron chi connectivity index (χ0n) is 15.1. The van der Waals surface area contributed by atoms with Crippen LogP contribution in [0, 0.1) is 0 Å². The Morgan fingerprint density at radius 3 is 2.79 bits per heavy atom. The van der Waals surface area contributed by atoms with Crippen molar-refractivity contribution in [1.82, 2.24) is 25.2 Å². The van der Waals surface area contributed by atoms with Crippen LogP contribution in [0.3, 0.4) is 0 Å². The van der Waals surface area contributed by atoms with E-state index in [9.17, 15) is 9.90 Å². The Labute approximate surface area is 159 Å². The van der Waals surface area contributed by atoms with Gasteiger partial charge in [0, 0.05) is 42.6 Å². The van der Waals surface area contributed by atoms with Gasteiger partial charge in [0.25, 0.3) is 5.91 Å². The van der Waals surface area contributed by atoms with Crippen LogP contribution in [0.5, 0.6) is 0 Å². The van der Waals surface area contributed by atoms with E-state index in [2.05, 4.69) is 20.3 Å². The molecule has 1 fully saturated rings. The highest BCUT2D eigenvalue weighted by atomic mass is 16.5. The summed E-state index contributed by atoms with van der Waals surface area (Å²) in [5.74, 6) is -0.207. The molecule has 1 aliphatic rings. The Morgan fingerprint density at radius 2 is 2.00 bits per heavy atom. The van der Waals surface area contributed by atoms with Crippen LogP contribution >= 0.6 is 0 Å². The van der Waals surface area contributed by atoms with Gasteiger partial charge in [-0.25, -0.2) is 0 Å². The number of hydrogen-bond acceptors (Lipinski definition) is 6. The van der Waals surface area contributed by atoms with Crippen molar-refractivity contribution in [3.63, 3.8) is 0 Å². The maximum absolute atomic E-state index is 12.3. The first-order valence-corrected chi connectivity index (χ1v) is 8.90. The number of nitrogens with zero attached hydrogens (tertiary/aromatic N) is 4. The highest BCUT2D eigenvalue weighted by molar-refractivity contribution is 5.88. The molecule has 0 spiro atoms. The number of nitrogens with one attached hydrogen (secondary N) is 1. The first-order chi connectivity index (χ1) is 13.5. The molecule has 140 valence electrons. The average Bonchev–Trinajstić information content (AvgIpc) is 3.45. The van der Waals surface area contributed by atoms with Gasteiger partial charge < -0.3 is 14.5 Å². The average molecular weight is 375 g/mol. The summed E-state index contributed by atoms with van der Waals surface area (Å²) in [6.45, 7) is 0.475. The van der Waals surface area contributed by atoms with Crippen LogP contribution in [-0.2, 0) is 10.4 Å². The van der Waals surface area contributed by atoms with Crippen LogP contribution in [0.25, 0.3) is 33.4 Å². The lowest BCUT2D eigenvalue weighted by molar-refractivity contribution is -0.144. The number of aromatic amines is 1. The standard InChI is InChI=1S/C20H17N5O3/c1-25-6-5-20(27,19(25)26)18-9-16(24-28-18)13-4-2-3-12(7-13)15-8-14-10-22-23-17(14)11-21-15/h2-4,7-11,27H,5-6H2,1H3,(H,22,23)/t20-/m1/s1. The molecule has 8 heteroatoms. The van der Waals surface area contributed by atoms with E-state index in [1.165, 1.54) is 4.90 Å². The predicted octanol–water partition coefficient (Wildman–Crippen LogP) is 2.33. The minimum Gasteiger partial charge on any atom is -0.373 e. The van der Waals surface area contributed by atoms with Gasteiger partial charge in [-0.05, 0) is 12.1 Å². The summed E-state index contributed by atoms with van der Waals surface area (Å²) in [5, 5.41) is 22.7. The van der Waals surface area contributed by atoms with Crippen LogP contribution in [0.1, 0.15) is 12.2 Å². The van der Waals surface area contributed by atoms with E-state index in [0.717, 1.165) is 27.7 Å². The molecule has 28 heavy (non-hydrogen) atoms. The predicted molar refractivity (Wildman–Crippen MR) is 101 cm³/mol. The molecule has 0 bridgehead atoms. The second kappa shape index (κ2) is 6.00. The third kappa shape index (κ3) is 2.49. The molecule has 0 aliphatic carbocycles. The van der Waals surface area contributed by atoms with Crippen LogP contribution in [0.4, 0.5) is 0 Å². The number of aromatic nitrogens is 4. The van der Waals surface area contributed by atoms with Gasteiger partial charge in [0.05, 0.1) is 23.6 Å². The molecule has 0 saturated carbocycles. The van der Waals surface area contributed by atoms with E-state index < -0.39 is 5.60 Å². The number of fused-ring (bicyclic) bond motifs is 1. The molecule has 1 aromatic carbocycles. The highest BCUT2D eigenvalue weighted by Gasteiger charge is 2.48. The molecule has 0 unspecified atom stereocenters.